The lowest BCUT2D eigenvalue weighted by molar-refractivity contribution is -0.549. The quantitative estimate of drug-likeness (QED) is 0.235. The minimum Gasteiger partial charge on any atom is -0.453 e. The number of esters is 2. The van der Waals surface area contributed by atoms with Crippen LogP contribution >= 0.6 is 0 Å². The zero-order chi connectivity index (χ0) is 21.8. The van der Waals surface area contributed by atoms with Gasteiger partial charge < -0.3 is 9.47 Å². The molecule has 0 aliphatic carbocycles. The minimum absolute atomic E-state index is 0.417. The Bertz CT molecular complexity index is 616. The first kappa shape index (κ1) is 24.8. The summed E-state index contributed by atoms with van der Waals surface area (Å²) in [5.74, 6) is -3.57. The second kappa shape index (κ2) is 8.21. The Morgan fingerprint density at radius 2 is 1.22 bits per heavy atom. The number of carbonyl (C=O) groups is 2. The van der Waals surface area contributed by atoms with Crippen molar-refractivity contribution < 1.29 is 63.7 Å². The van der Waals surface area contributed by atoms with Crippen LogP contribution in [0.25, 0.3) is 0 Å². The number of hydrogen-bond donors (Lipinski definition) is 0. The topological polar surface area (TPSA) is 71.1 Å². The predicted molar refractivity (Wildman–Crippen MR) is 68.6 cm³/mol. The molecule has 0 N–H and O–H groups in total. The molecule has 0 aliphatic heterocycles. The minimum atomic E-state index is -6.30. The highest BCUT2D eigenvalue weighted by Gasteiger charge is 2.68. The largest absolute Gasteiger partial charge is 0.496 e. The van der Waals surface area contributed by atoms with Gasteiger partial charge in [-0.25, -0.2) is 19.1 Å². The molecule has 0 aromatic rings. The molecule has 0 spiro atoms. The Kier molecular flexibility index (Phi) is 7.53. The van der Waals surface area contributed by atoms with Gasteiger partial charge in [-0.2, -0.15) is 26.3 Å². The zero-order valence-electron chi connectivity index (χ0n) is 13.6. The van der Waals surface area contributed by atoms with Gasteiger partial charge >= 0.3 is 36.6 Å². The predicted octanol–water partition coefficient (Wildman–Crippen LogP) is 3.59. The van der Waals surface area contributed by atoms with Crippen LogP contribution in [0.1, 0.15) is 13.8 Å². The average Bonchev–Trinajstić information content (AvgIpc) is 2.41. The maximum Gasteiger partial charge on any atom is 0.496 e. The third-order valence-electron chi connectivity index (χ3n) is 2.14. The first-order valence-corrected chi connectivity index (χ1v) is 6.45. The number of alkyl halides is 8. The van der Waals surface area contributed by atoms with Gasteiger partial charge in [0.2, 0.25) is 0 Å². The Balaban J connectivity index is 5.14. The molecule has 14 heteroatoms. The van der Waals surface area contributed by atoms with Gasteiger partial charge in [0.25, 0.3) is 0 Å². The van der Waals surface area contributed by atoms with Gasteiger partial charge in [-0.05, 0) is 13.8 Å². The molecule has 0 amide bonds. The SMILES string of the molecule is C=C(C)C(=O)OCC(F)(F)OC(F)(F)OC(F)(F)C(F)(F)OC(=O)C(=C)C. The molecule has 0 aromatic carbocycles. The van der Waals surface area contributed by atoms with E-state index in [2.05, 4.69) is 32.1 Å². The van der Waals surface area contributed by atoms with Crippen molar-refractivity contribution in [2.75, 3.05) is 6.61 Å². The van der Waals surface area contributed by atoms with Crippen molar-refractivity contribution in [1.82, 2.24) is 0 Å². The number of hydrogen-bond acceptors (Lipinski definition) is 6. The highest BCUT2D eigenvalue weighted by Crippen LogP contribution is 2.42. The van der Waals surface area contributed by atoms with Crippen LogP contribution in [-0.4, -0.2) is 43.2 Å². The van der Waals surface area contributed by atoms with E-state index in [1.54, 1.807) is 0 Å². The van der Waals surface area contributed by atoms with Gasteiger partial charge in [-0.1, -0.05) is 13.2 Å². The lowest BCUT2D eigenvalue weighted by Crippen LogP contribution is -2.52. The molecular formula is C13H12F8O6. The van der Waals surface area contributed by atoms with Crippen LogP contribution in [0.2, 0.25) is 0 Å². The van der Waals surface area contributed by atoms with E-state index in [4.69, 9.17) is 0 Å². The molecule has 0 bridgehead atoms. The van der Waals surface area contributed by atoms with Crippen molar-refractivity contribution in [3.8, 4) is 0 Å². The number of halogens is 8. The van der Waals surface area contributed by atoms with Crippen LogP contribution in [0.15, 0.2) is 24.3 Å². The molecule has 0 unspecified atom stereocenters. The fourth-order valence-corrected chi connectivity index (χ4v) is 0.968. The molecule has 0 aliphatic rings. The van der Waals surface area contributed by atoms with E-state index in [1.807, 2.05) is 0 Å². The molecule has 156 valence electrons. The van der Waals surface area contributed by atoms with E-state index in [-0.39, 0.29) is 0 Å². The Morgan fingerprint density at radius 1 is 0.778 bits per heavy atom. The van der Waals surface area contributed by atoms with Crippen molar-refractivity contribution >= 4 is 11.9 Å². The molecule has 0 fully saturated rings. The smallest absolute Gasteiger partial charge is 0.453 e. The van der Waals surface area contributed by atoms with E-state index in [1.165, 1.54) is 0 Å². The van der Waals surface area contributed by atoms with E-state index in [9.17, 15) is 44.7 Å². The van der Waals surface area contributed by atoms with E-state index in [0.717, 1.165) is 13.8 Å². The van der Waals surface area contributed by atoms with Gasteiger partial charge in [0.05, 0.1) is 0 Å². The van der Waals surface area contributed by atoms with Crippen LogP contribution in [0.4, 0.5) is 35.1 Å². The van der Waals surface area contributed by atoms with Gasteiger partial charge in [0.1, 0.15) is 0 Å². The second-order valence-electron chi connectivity index (χ2n) is 4.86. The summed E-state index contributed by atoms with van der Waals surface area (Å²) in [5.41, 5.74) is -1.22. The molecule has 0 radical (unpaired) electrons. The van der Waals surface area contributed by atoms with Crippen molar-refractivity contribution in [3.63, 3.8) is 0 Å². The summed E-state index contributed by atoms with van der Waals surface area (Å²) in [7, 11) is 0. The monoisotopic (exact) mass is 416 g/mol. The lowest BCUT2D eigenvalue weighted by atomic mass is 10.4. The van der Waals surface area contributed by atoms with Gasteiger partial charge in [0.15, 0.2) is 6.61 Å². The van der Waals surface area contributed by atoms with E-state index >= 15 is 0 Å². The van der Waals surface area contributed by atoms with Crippen LogP contribution in [0.5, 0.6) is 0 Å². The maximum atomic E-state index is 13.1. The average molecular weight is 416 g/mol. The lowest BCUT2D eigenvalue weighted by Gasteiger charge is -2.29. The summed E-state index contributed by atoms with van der Waals surface area (Å²) in [6, 6.07) is 0. The number of rotatable bonds is 10. The fourth-order valence-electron chi connectivity index (χ4n) is 0.968. The molecule has 0 heterocycles. The molecular weight excluding hydrogens is 404 g/mol. The van der Waals surface area contributed by atoms with E-state index in [0.29, 0.717) is 0 Å². The summed E-state index contributed by atoms with van der Waals surface area (Å²) in [6.45, 7) is 5.33. The normalized spacial score (nSPS) is 13.1. The summed E-state index contributed by atoms with van der Waals surface area (Å²) in [5, 5.41) is 0. The van der Waals surface area contributed by atoms with Crippen LogP contribution < -0.4 is 0 Å². The van der Waals surface area contributed by atoms with Crippen molar-refractivity contribution in [3.05, 3.63) is 24.3 Å². The molecule has 6 nitrogen and oxygen atoms in total. The number of carbonyl (C=O) groups excluding carboxylic acids is 2. The molecule has 0 atom stereocenters. The first-order chi connectivity index (χ1) is 11.8. The van der Waals surface area contributed by atoms with Crippen LogP contribution in [0, 0.1) is 0 Å². The molecule has 0 rings (SSSR count). The van der Waals surface area contributed by atoms with Gasteiger partial charge in [0, 0.05) is 11.1 Å². The van der Waals surface area contributed by atoms with Gasteiger partial charge in [-0.3, -0.25) is 0 Å². The standard InChI is InChI=1S/C13H12F8O6/c1-6(2)8(22)24-5-10(14,15)26-13(20,21)27-12(18,19)11(16,17)25-9(23)7(3)4/h1,3,5H2,2,4H3. The molecule has 0 aromatic heterocycles. The molecule has 0 saturated carbocycles. The summed E-state index contributed by atoms with van der Waals surface area (Å²) in [4.78, 5) is 21.7. The Labute approximate surface area is 146 Å². The van der Waals surface area contributed by atoms with E-state index < -0.39 is 54.3 Å². The fraction of sp³-hybridized carbons (Fsp3) is 0.538. The zero-order valence-corrected chi connectivity index (χ0v) is 13.6. The van der Waals surface area contributed by atoms with Crippen molar-refractivity contribution in [2.45, 2.75) is 38.5 Å². The van der Waals surface area contributed by atoms with Crippen LogP contribution in [-0.2, 0) is 28.5 Å². The Morgan fingerprint density at radius 3 is 1.63 bits per heavy atom. The molecule has 27 heavy (non-hydrogen) atoms. The van der Waals surface area contributed by atoms with Crippen molar-refractivity contribution in [2.24, 2.45) is 0 Å². The van der Waals surface area contributed by atoms with Gasteiger partial charge in [-0.15, -0.1) is 8.78 Å². The van der Waals surface area contributed by atoms with Crippen LogP contribution in [0.3, 0.4) is 0 Å². The van der Waals surface area contributed by atoms with Crippen molar-refractivity contribution in [1.29, 1.82) is 0 Å². The third-order valence-corrected chi connectivity index (χ3v) is 2.14. The summed E-state index contributed by atoms with van der Waals surface area (Å²) < 4.78 is 116. The first-order valence-electron chi connectivity index (χ1n) is 6.45. The number of ether oxygens (including phenoxy) is 4. The maximum absolute atomic E-state index is 13.1. The Hall–Kier alpha value is -2.22. The highest BCUT2D eigenvalue weighted by atomic mass is 19.3. The summed E-state index contributed by atoms with van der Waals surface area (Å²) >= 11 is 0. The third kappa shape index (κ3) is 7.90. The summed E-state index contributed by atoms with van der Waals surface area (Å²) in [6.07, 6.45) is -23.5. The second-order valence-corrected chi connectivity index (χ2v) is 4.86. The highest BCUT2D eigenvalue weighted by molar-refractivity contribution is 5.87. The molecule has 0 saturated heterocycles.